The summed E-state index contributed by atoms with van der Waals surface area (Å²) >= 11 is 0. The van der Waals surface area contributed by atoms with Crippen LogP contribution in [0.4, 0.5) is 0 Å². The zero-order valence-corrected chi connectivity index (χ0v) is 19.5. The molecule has 0 saturated carbocycles. The molecule has 160 valence electrons. The smallest absolute Gasteiger partial charge is 0.0681 e. The predicted octanol–water partition coefficient (Wildman–Crippen LogP) is 8.22. The number of pyridine rings is 1. The summed E-state index contributed by atoms with van der Waals surface area (Å²) in [4.78, 5) is 9.29. The monoisotopic (exact) mass is 410 g/mol. The van der Waals surface area contributed by atoms with Crippen LogP contribution in [0.1, 0.15) is 75.1 Å². The molecular formula is C29H34N2. The van der Waals surface area contributed by atoms with E-state index in [1.807, 2.05) is 12.3 Å². The van der Waals surface area contributed by atoms with Crippen LogP contribution in [0.25, 0.3) is 16.8 Å². The second-order valence-electron chi connectivity index (χ2n) is 8.24. The Morgan fingerprint density at radius 3 is 2.55 bits per heavy atom. The van der Waals surface area contributed by atoms with Crippen molar-refractivity contribution in [1.29, 1.82) is 0 Å². The maximum atomic E-state index is 5.01. The first-order chi connectivity index (χ1) is 15.0. The molecule has 1 heterocycles. The van der Waals surface area contributed by atoms with Gasteiger partial charge in [0.2, 0.25) is 0 Å². The molecular weight excluding hydrogens is 376 g/mol. The normalized spacial score (nSPS) is 13.3. The van der Waals surface area contributed by atoms with Crippen LogP contribution in [0.3, 0.4) is 0 Å². The number of aromatic nitrogens is 1. The predicted molar refractivity (Wildman–Crippen MR) is 135 cm³/mol. The second kappa shape index (κ2) is 10.9. The SMILES string of the molecule is CCC/C=C(/N=C(C)c1ccc(-c2ccccc2C(C)CC)cc1C)c1cccnc1. The van der Waals surface area contributed by atoms with Crippen LogP contribution in [-0.4, -0.2) is 10.7 Å². The maximum Gasteiger partial charge on any atom is 0.0681 e. The molecule has 0 fully saturated rings. The first kappa shape index (κ1) is 22.7. The number of unbranched alkanes of at least 4 members (excludes halogenated alkanes) is 1. The standard InChI is InChI=1S/C29H34N2/c1-6-8-15-29(25-12-11-18-30-20-25)31-23(5)26-17-16-24(19-22(26)4)28-14-10-9-13-27(28)21(3)7-2/h9-21H,6-8H2,1-5H3/b29-15+,31-23?. The van der Waals surface area contributed by atoms with Gasteiger partial charge in [-0.2, -0.15) is 0 Å². The Hall–Kier alpha value is -3.00. The van der Waals surface area contributed by atoms with Crippen molar-refractivity contribution in [3.8, 4) is 11.1 Å². The van der Waals surface area contributed by atoms with E-state index in [9.17, 15) is 0 Å². The summed E-state index contributed by atoms with van der Waals surface area (Å²) in [5.74, 6) is 0.547. The Bertz CT molecular complexity index is 1060. The van der Waals surface area contributed by atoms with Crippen LogP contribution in [0.15, 0.2) is 78.1 Å². The largest absolute Gasteiger partial charge is 0.264 e. The van der Waals surface area contributed by atoms with Crippen LogP contribution >= 0.6 is 0 Å². The molecule has 1 unspecified atom stereocenters. The van der Waals surface area contributed by atoms with E-state index in [1.165, 1.54) is 27.8 Å². The Labute approximate surface area is 187 Å². The summed E-state index contributed by atoms with van der Waals surface area (Å²) in [6.45, 7) is 11.0. The van der Waals surface area contributed by atoms with Gasteiger partial charge in [-0.25, -0.2) is 0 Å². The molecule has 2 nitrogen and oxygen atoms in total. The topological polar surface area (TPSA) is 25.2 Å². The molecule has 31 heavy (non-hydrogen) atoms. The van der Waals surface area contributed by atoms with E-state index < -0.39 is 0 Å². The zero-order valence-electron chi connectivity index (χ0n) is 19.5. The average Bonchev–Trinajstić information content (AvgIpc) is 2.81. The van der Waals surface area contributed by atoms with E-state index in [0.717, 1.165) is 36.2 Å². The number of aryl methyl sites for hydroxylation is 1. The van der Waals surface area contributed by atoms with Crippen LogP contribution in [-0.2, 0) is 0 Å². The van der Waals surface area contributed by atoms with Crippen molar-refractivity contribution in [3.63, 3.8) is 0 Å². The van der Waals surface area contributed by atoms with Crippen LogP contribution in [0.2, 0.25) is 0 Å². The van der Waals surface area contributed by atoms with Gasteiger partial charge in [0, 0.05) is 23.7 Å². The molecule has 0 radical (unpaired) electrons. The Morgan fingerprint density at radius 2 is 1.87 bits per heavy atom. The van der Waals surface area contributed by atoms with E-state index in [0.29, 0.717) is 5.92 Å². The lowest BCUT2D eigenvalue weighted by molar-refractivity contribution is 0.735. The minimum Gasteiger partial charge on any atom is -0.264 e. The van der Waals surface area contributed by atoms with Crippen molar-refractivity contribution in [1.82, 2.24) is 4.98 Å². The van der Waals surface area contributed by atoms with Gasteiger partial charge < -0.3 is 0 Å². The third-order valence-electron chi connectivity index (χ3n) is 5.90. The summed E-state index contributed by atoms with van der Waals surface area (Å²) in [5, 5.41) is 0. The number of benzene rings is 2. The van der Waals surface area contributed by atoms with Gasteiger partial charge in [-0.05, 0) is 72.6 Å². The summed E-state index contributed by atoms with van der Waals surface area (Å²) in [5.41, 5.74) is 9.56. The number of aliphatic imine (C=N–C) groups is 1. The minimum absolute atomic E-state index is 0.547. The molecule has 1 aromatic heterocycles. The number of hydrogen-bond donors (Lipinski definition) is 0. The van der Waals surface area contributed by atoms with Gasteiger partial charge in [-0.15, -0.1) is 0 Å². The van der Waals surface area contributed by atoms with Gasteiger partial charge in [0.05, 0.1) is 5.70 Å². The highest BCUT2D eigenvalue weighted by Crippen LogP contribution is 2.32. The lowest BCUT2D eigenvalue weighted by Crippen LogP contribution is -2.01. The molecule has 0 aliphatic heterocycles. The number of nitrogens with zero attached hydrogens (tertiary/aromatic N) is 2. The molecule has 0 amide bonds. The molecule has 0 bridgehead atoms. The maximum absolute atomic E-state index is 5.01. The quantitative estimate of drug-likeness (QED) is 0.343. The van der Waals surface area contributed by atoms with E-state index in [1.54, 1.807) is 6.20 Å². The fourth-order valence-corrected chi connectivity index (χ4v) is 3.91. The lowest BCUT2D eigenvalue weighted by Gasteiger charge is -2.16. The highest BCUT2D eigenvalue weighted by atomic mass is 14.8. The van der Waals surface area contributed by atoms with E-state index >= 15 is 0 Å². The van der Waals surface area contributed by atoms with Crippen molar-refractivity contribution in [2.75, 3.05) is 0 Å². The summed E-state index contributed by atoms with van der Waals surface area (Å²) < 4.78 is 0. The van der Waals surface area contributed by atoms with Crippen molar-refractivity contribution in [3.05, 3.63) is 95.3 Å². The Kier molecular flexibility index (Phi) is 7.94. The Balaban J connectivity index is 1.98. The third-order valence-corrected chi connectivity index (χ3v) is 5.90. The van der Waals surface area contributed by atoms with Crippen molar-refractivity contribution >= 4 is 11.4 Å². The van der Waals surface area contributed by atoms with Crippen molar-refractivity contribution in [2.45, 2.75) is 59.8 Å². The molecule has 1 atom stereocenters. The molecule has 0 saturated heterocycles. The highest BCUT2D eigenvalue weighted by Gasteiger charge is 2.12. The summed E-state index contributed by atoms with van der Waals surface area (Å²) in [6.07, 6.45) is 9.15. The first-order valence-electron chi connectivity index (χ1n) is 11.4. The van der Waals surface area contributed by atoms with Crippen molar-refractivity contribution < 1.29 is 0 Å². The zero-order chi connectivity index (χ0) is 22.2. The third kappa shape index (κ3) is 5.58. The number of hydrogen-bond acceptors (Lipinski definition) is 2. The van der Waals surface area contributed by atoms with Crippen molar-refractivity contribution in [2.24, 2.45) is 4.99 Å². The van der Waals surface area contributed by atoms with Gasteiger partial charge >= 0.3 is 0 Å². The van der Waals surface area contributed by atoms with Gasteiger partial charge in [-0.3, -0.25) is 9.98 Å². The van der Waals surface area contributed by atoms with Gasteiger partial charge in [0.1, 0.15) is 0 Å². The second-order valence-corrected chi connectivity index (χ2v) is 8.24. The lowest BCUT2D eigenvalue weighted by atomic mass is 9.89. The van der Waals surface area contributed by atoms with Gasteiger partial charge in [-0.1, -0.05) is 75.7 Å². The molecule has 0 aliphatic rings. The molecule has 3 aromatic rings. The molecule has 0 N–H and O–H groups in total. The number of allylic oxidation sites excluding steroid dienone is 1. The summed E-state index contributed by atoms with van der Waals surface area (Å²) in [6, 6.07) is 19.6. The molecule has 0 aliphatic carbocycles. The Morgan fingerprint density at radius 1 is 1.06 bits per heavy atom. The average molecular weight is 411 g/mol. The van der Waals surface area contributed by atoms with E-state index in [-0.39, 0.29) is 0 Å². The van der Waals surface area contributed by atoms with E-state index in [2.05, 4.69) is 94.2 Å². The molecule has 0 spiro atoms. The fraction of sp³-hybridized carbons (Fsp3) is 0.310. The van der Waals surface area contributed by atoms with Crippen LogP contribution in [0, 0.1) is 6.92 Å². The first-order valence-corrected chi connectivity index (χ1v) is 11.4. The molecule has 2 aromatic carbocycles. The van der Waals surface area contributed by atoms with Gasteiger partial charge in [0.25, 0.3) is 0 Å². The molecule has 3 rings (SSSR count). The van der Waals surface area contributed by atoms with E-state index in [4.69, 9.17) is 4.99 Å². The summed E-state index contributed by atoms with van der Waals surface area (Å²) in [7, 11) is 0. The van der Waals surface area contributed by atoms with Crippen LogP contribution in [0.5, 0.6) is 0 Å². The number of rotatable bonds is 8. The molecule has 2 heteroatoms. The van der Waals surface area contributed by atoms with Gasteiger partial charge in [0.15, 0.2) is 0 Å². The van der Waals surface area contributed by atoms with Crippen LogP contribution < -0.4 is 0 Å². The fourth-order valence-electron chi connectivity index (χ4n) is 3.91. The highest BCUT2D eigenvalue weighted by molar-refractivity contribution is 6.03. The minimum atomic E-state index is 0.547.